The van der Waals surface area contributed by atoms with Crippen LogP contribution in [0.3, 0.4) is 0 Å². The number of halogens is 1. The van der Waals surface area contributed by atoms with Crippen LogP contribution in [-0.4, -0.2) is 11.2 Å². The molecule has 3 rings (SSSR count). The minimum atomic E-state index is -0.298. The molecule has 0 saturated heterocycles. The van der Waals surface area contributed by atoms with Gasteiger partial charge in [0.05, 0.1) is 6.20 Å². The molecule has 0 spiro atoms. The van der Waals surface area contributed by atoms with E-state index >= 15 is 0 Å². The second kappa shape index (κ2) is 4.95. The lowest BCUT2D eigenvalue weighted by Crippen LogP contribution is -2.10. The fraction of sp³-hybridized carbons (Fsp3) is 0.294. The molecule has 1 aliphatic heterocycles. The van der Waals surface area contributed by atoms with Crippen LogP contribution in [0.4, 0.5) is 4.39 Å². The first-order chi connectivity index (χ1) is 9.93. The number of oxazole rings is 1. The van der Waals surface area contributed by atoms with Gasteiger partial charge in [-0.05, 0) is 29.2 Å². The van der Waals surface area contributed by atoms with E-state index in [0.717, 1.165) is 5.52 Å². The molecule has 1 aromatic heterocycles. The smallest absolute Gasteiger partial charge is 0.223 e. The zero-order valence-electron chi connectivity index (χ0n) is 12.4. The molecule has 0 unspecified atom stereocenters. The quantitative estimate of drug-likeness (QED) is 0.754. The van der Waals surface area contributed by atoms with Crippen molar-refractivity contribution in [2.45, 2.75) is 32.6 Å². The standard InChI is InChI=1S/C17H17FN2O/c1-17(2,3)12-4-5-15-14(9-12)20-16(21-15)11-6-7-19-10-13(18)8-11/h4-7,9-10H,8H2,1-3H3. The summed E-state index contributed by atoms with van der Waals surface area (Å²) in [5.41, 5.74) is 3.44. The molecule has 0 fully saturated rings. The molecule has 108 valence electrons. The van der Waals surface area contributed by atoms with E-state index in [1.165, 1.54) is 11.8 Å². The molecule has 0 N–H and O–H groups in total. The number of nitrogens with zero attached hydrogens (tertiary/aromatic N) is 2. The first kappa shape index (κ1) is 13.7. The van der Waals surface area contributed by atoms with E-state index in [1.54, 1.807) is 12.3 Å². The molecule has 4 heteroatoms. The topological polar surface area (TPSA) is 38.4 Å². The lowest BCUT2D eigenvalue weighted by Gasteiger charge is -2.18. The van der Waals surface area contributed by atoms with Gasteiger partial charge in [0.15, 0.2) is 5.58 Å². The number of aliphatic imine (C=N–C) groups is 1. The second-order valence-corrected chi connectivity index (χ2v) is 6.19. The number of hydrogen-bond donors (Lipinski definition) is 0. The first-order valence-electron chi connectivity index (χ1n) is 6.92. The van der Waals surface area contributed by atoms with Gasteiger partial charge in [-0.3, -0.25) is 4.99 Å². The van der Waals surface area contributed by atoms with E-state index in [2.05, 4.69) is 30.7 Å². The van der Waals surface area contributed by atoms with Gasteiger partial charge in [-0.1, -0.05) is 26.8 Å². The molecule has 0 atom stereocenters. The number of allylic oxidation sites excluding steroid dienone is 3. The maximum absolute atomic E-state index is 13.5. The summed E-state index contributed by atoms with van der Waals surface area (Å²) in [7, 11) is 0. The van der Waals surface area contributed by atoms with Crippen LogP contribution >= 0.6 is 0 Å². The number of rotatable bonds is 1. The third kappa shape index (κ3) is 2.79. The molecule has 0 bridgehead atoms. The van der Waals surface area contributed by atoms with E-state index in [4.69, 9.17) is 4.42 Å². The summed E-state index contributed by atoms with van der Waals surface area (Å²) >= 11 is 0. The number of fused-ring (bicyclic) bond motifs is 1. The maximum Gasteiger partial charge on any atom is 0.223 e. The Morgan fingerprint density at radius 2 is 2.05 bits per heavy atom. The van der Waals surface area contributed by atoms with Gasteiger partial charge in [0.2, 0.25) is 5.89 Å². The largest absolute Gasteiger partial charge is 0.436 e. The van der Waals surface area contributed by atoms with E-state index in [9.17, 15) is 4.39 Å². The lowest BCUT2D eigenvalue weighted by atomic mass is 9.87. The van der Waals surface area contributed by atoms with Crippen LogP contribution < -0.4 is 0 Å². The van der Waals surface area contributed by atoms with Crippen molar-refractivity contribution >= 4 is 22.9 Å². The van der Waals surface area contributed by atoms with E-state index < -0.39 is 0 Å². The Hall–Kier alpha value is -2.23. The third-order valence-electron chi connectivity index (χ3n) is 3.46. The van der Waals surface area contributed by atoms with Crippen molar-refractivity contribution in [2.24, 2.45) is 4.99 Å². The van der Waals surface area contributed by atoms with Crippen molar-refractivity contribution in [1.29, 1.82) is 0 Å². The van der Waals surface area contributed by atoms with Crippen molar-refractivity contribution in [3.05, 3.63) is 47.8 Å². The van der Waals surface area contributed by atoms with Crippen molar-refractivity contribution in [3.63, 3.8) is 0 Å². The van der Waals surface area contributed by atoms with Crippen LogP contribution in [0, 0.1) is 0 Å². The minimum absolute atomic E-state index is 0.0520. The highest BCUT2D eigenvalue weighted by Gasteiger charge is 2.17. The van der Waals surface area contributed by atoms with Crippen LogP contribution in [0.5, 0.6) is 0 Å². The summed E-state index contributed by atoms with van der Waals surface area (Å²) < 4.78 is 19.2. The van der Waals surface area contributed by atoms with Crippen LogP contribution in [0.2, 0.25) is 0 Å². The minimum Gasteiger partial charge on any atom is -0.436 e. The van der Waals surface area contributed by atoms with Crippen LogP contribution in [0.15, 0.2) is 45.7 Å². The molecule has 2 heterocycles. The highest BCUT2D eigenvalue weighted by atomic mass is 19.1. The Kier molecular flexibility index (Phi) is 3.24. The van der Waals surface area contributed by atoms with Crippen molar-refractivity contribution in [3.8, 4) is 0 Å². The Labute approximate surface area is 122 Å². The zero-order valence-corrected chi connectivity index (χ0v) is 12.4. The Bertz CT molecular complexity index is 776. The number of benzene rings is 1. The summed E-state index contributed by atoms with van der Waals surface area (Å²) in [4.78, 5) is 8.32. The second-order valence-electron chi connectivity index (χ2n) is 6.19. The van der Waals surface area contributed by atoms with Crippen molar-refractivity contribution in [2.75, 3.05) is 0 Å². The van der Waals surface area contributed by atoms with E-state index in [-0.39, 0.29) is 17.7 Å². The molecule has 1 aromatic carbocycles. The molecule has 0 radical (unpaired) electrons. The molecular formula is C17H17FN2O. The summed E-state index contributed by atoms with van der Waals surface area (Å²) in [6.45, 7) is 6.46. The molecule has 3 nitrogen and oxygen atoms in total. The summed E-state index contributed by atoms with van der Waals surface area (Å²) in [6.07, 6.45) is 4.65. The summed E-state index contributed by atoms with van der Waals surface area (Å²) in [6, 6.07) is 5.99. The predicted molar refractivity (Wildman–Crippen MR) is 83.0 cm³/mol. The van der Waals surface area contributed by atoms with Crippen LogP contribution in [0.1, 0.15) is 38.6 Å². The predicted octanol–water partition coefficient (Wildman–Crippen LogP) is 4.79. The highest BCUT2D eigenvalue weighted by molar-refractivity contribution is 5.86. The molecule has 1 aliphatic rings. The number of aromatic nitrogens is 1. The average molecular weight is 284 g/mol. The summed E-state index contributed by atoms with van der Waals surface area (Å²) in [5, 5.41) is 0. The monoisotopic (exact) mass is 284 g/mol. The zero-order chi connectivity index (χ0) is 15.0. The molecular weight excluding hydrogens is 267 g/mol. The van der Waals surface area contributed by atoms with Gasteiger partial charge >= 0.3 is 0 Å². The molecule has 2 aromatic rings. The normalized spacial score (nSPS) is 15.8. The SMILES string of the molecule is CC(C)(C)c1ccc2oc(C3=CC=NC=C(F)C3)nc2c1. The van der Waals surface area contributed by atoms with Crippen molar-refractivity contribution < 1.29 is 8.81 Å². The number of hydrogen-bond acceptors (Lipinski definition) is 3. The van der Waals surface area contributed by atoms with Gasteiger partial charge < -0.3 is 4.42 Å². The Balaban J connectivity index is 2.04. The summed E-state index contributed by atoms with van der Waals surface area (Å²) in [5.74, 6) is 0.153. The van der Waals surface area contributed by atoms with Gasteiger partial charge in [0, 0.05) is 18.2 Å². The average Bonchev–Trinajstić information content (AvgIpc) is 2.72. The molecule has 0 saturated carbocycles. The van der Waals surface area contributed by atoms with Gasteiger partial charge in [-0.15, -0.1) is 0 Å². The highest BCUT2D eigenvalue weighted by Crippen LogP contribution is 2.30. The fourth-order valence-corrected chi connectivity index (χ4v) is 2.22. The van der Waals surface area contributed by atoms with E-state index in [1.807, 2.05) is 18.2 Å². The van der Waals surface area contributed by atoms with Crippen LogP contribution in [0.25, 0.3) is 16.7 Å². The Morgan fingerprint density at radius 1 is 1.24 bits per heavy atom. The fourth-order valence-electron chi connectivity index (χ4n) is 2.22. The van der Waals surface area contributed by atoms with Gasteiger partial charge in [-0.2, -0.15) is 0 Å². The van der Waals surface area contributed by atoms with Crippen LogP contribution in [-0.2, 0) is 5.41 Å². The van der Waals surface area contributed by atoms with E-state index in [0.29, 0.717) is 17.0 Å². The maximum atomic E-state index is 13.5. The lowest BCUT2D eigenvalue weighted by molar-refractivity contribution is 0.570. The molecule has 0 amide bonds. The first-order valence-corrected chi connectivity index (χ1v) is 6.92. The van der Waals surface area contributed by atoms with Gasteiger partial charge in [0.25, 0.3) is 0 Å². The van der Waals surface area contributed by atoms with Crippen molar-refractivity contribution in [1.82, 2.24) is 4.98 Å². The van der Waals surface area contributed by atoms with Gasteiger partial charge in [-0.25, -0.2) is 9.37 Å². The molecule has 21 heavy (non-hydrogen) atoms. The molecule has 0 aliphatic carbocycles. The van der Waals surface area contributed by atoms with Gasteiger partial charge in [0.1, 0.15) is 11.3 Å². The Morgan fingerprint density at radius 3 is 2.81 bits per heavy atom. The third-order valence-corrected chi connectivity index (χ3v) is 3.46.